The van der Waals surface area contributed by atoms with Crippen molar-refractivity contribution in [2.75, 3.05) is 26.3 Å². The largest absolute Gasteiger partial charge is 0.374 e. The number of piperidine rings is 1. The molecule has 1 aliphatic rings. The lowest BCUT2D eigenvalue weighted by Gasteiger charge is -2.32. The van der Waals surface area contributed by atoms with Crippen LogP contribution in [-0.2, 0) is 9.53 Å². The molecule has 1 rings (SSSR count). The number of nitrogens with one attached hydrogen (secondary N) is 1. The van der Waals surface area contributed by atoms with Gasteiger partial charge in [-0.25, -0.2) is 0 Å². The number of Topliss-reactive ketones (excluding diaryl/α,β-unsaturated/α-hetero) is 1. The summed E-state index contributed by atoms with van der Waals surface area (Å²) in [6, 6.07) is 0. The molecule has 14 heavy (non-hydrogen) atoms. The van der Waals surface area contributed by atoms with Gasteiger partial charge in [0.25, 0.3) is 0 Å². The van der Waals surface area contributed by atoms with Crippen LogP contribution in [0.2, 0.25) is 0 Å². The summed E-state index contributed by atoms with van der Waals surface area (Å²) in [7, 11) is 0. The van der Waals surface area contributed by atoms with Gasteiger partial charge in [-0.2, -0.15) is 0 Å². The second-order valence-corrected chi connectivity index (χ2v) is 4.32. The van der Waals surface area contributed by atoms with Crippen LogP contribution >= 0.6 is 0 Å². The molecule has 3 nitrogen and oxygen atoms in total. The van der Waals surface area contributed by atoms with Crippen molar-refractivity contribution in [2.24, 2.45) is 5.41 Å². The van der Waals surface area contributed by atoms with Gasteiger partial charge in [-0.15, -0.1) is 0 Å². The van der Waals surface area contributed by atoms with Crippen LogP contribution in [0.5, 0.6) is 0 Å². The van der Waals surface area contributed by atoms with Crippen LogP contribution in [0.1, 0.15) is 33.1 Å². The number of hydrogen-bond acceptors (Lipinski definition) is 3. The van der Waals surface area contributed by atoms with Crippen LogP contribution < -0.4 is 5.32 Å². The summed E-state index contributed by atoms with van der Waals surface area (Å²) in [5.41, 5.74) is -0.189. The van der Waals surface area contributed by atoms with Gasteiger partial charge in [0.1, 0.15) is 6.61 Å². The average Bonchev–Trinajstić information content (AvgIpc) is 2.19. The van der Waals surface area contributed by atoms with Crippen molar-refractivity contribution in [2.45, 2.75) is 33.1 Å². The fourth-order valence-corrected chi connectivity index (χ4v) is 1.78. The monoisotopic (exact) mass is 199 g/mol. The van der Waals surface area contributed by atoms with E-state index < -0.39 is 0 Å². The van der Waals surface area contributed by atoms with E-state index >= 15 is 0 Å². The second kappa shape index (κ2) is 5.47. The highest BCUT2D eigenvalue weighted by Crippen LogP contribution is 2.26. The van der Waals surface area contributed by atoms with E-state index in [0.717, 1.165) is 32.4 Å². The van der Waals surface area contributed by atoms with Crippen molar-refractivity contribution in [3.8, 4) is 0 Å². The minimum absolute atomic E-state index is 0.189. The highest BCUT2D eigenvalue weighted by molar-refractivity contribution is 5.86. The average molecular weight is 199 g/mol. The van der Waals surface area contributed by atoms with Gasteiger partial charge in [0.2, 0.25) is 0 Å². The van der Waals surface area contributed by atoms with E-state index in [9.17, 15) is 4.79 Å². The molecule has 1 atom stereocenters. The molecule has 0 bridgehead atoms. The summed E-state index contributed by atoms with van der Waals surface area (Å²) in [5.74, 6) is 0.248. The van der Waals surface area contributed by atoms with Crippen molar-refractivity contribution in [1.29, 1.82) is 0 Å². The minimum atomic E-state index is -0.189. The lowest BCUT2D eigenvalue weighted by atomic mass is 9.79. The van der Waals surface area contributed by atoms with E-state index in [1.54, 1.807) is 0 Å². The van der Waals surface area contributed by atoms with Crippen LogP contribution in [0.25, 0.3) is 0 Å². The van der Waals surface area contributed by atoms with Gasteiger partial charge in [-0.1, -0.05) is 13.8 Å². The van der Waals surface area contributed by atoms with E-state index in [-0.39, 0.29) is 17.8 Å². The van der Waals surface area contributed by atoms with E-state index in [1.165, 1.54) is 0 Å². The van der Waals surface area contributed by atoms with Gasteiger partial charge in [0.15, 0.2) is 5.78 Å². The Balaban J connectivity index is 2.33. The van der Waals surface area contributed by atoms with E-state index in [4.69, 9.17) is 4.74 Å². The molecule has 0 spiro atoms. The van der Waals surface area contributed by atoms with Crippen LogP contribution in [0.3, 0.4) is 0 Å². The van der Waals surface area contributed by atoms with Crippen molar-refractivity contribution < 1.29 is 9.53 Å². The Morgan fingerprint density at radius 2 is 2.36 bits per heavy atom. The second-order valence-electron chi connectivity index (χ2n) is 4.32. The first-order valence-corrected chi connectivity index (χ1v) is 5.51. The van der Waals surface area contributed by atoms with E-state index in [0.29, 0.717) is 6.61 Å². The van der Waals surface area contributed by atoms with Crippen molar-refractivity contribution in [1.82, 2.24) is 5.32 Å². The Kier molecular flexibility index (Phi) is 4.55. The molecule has 0 aliphatic carbocycles. The molecule has 1 heterocycles. The molecule has 0 amide bonds. The number of carbonyl (C=O) groups is 1. The standard InChI is InChI=1S/C11H21NO2/c1-3-7-14-8-10(13)11(2)5-4-6-12-9-11/h12H,3-9H2,1-2H3. The van der Waals surface area contributed by atoms with Gasteiger partial charge in [-0.05, 0) is 25.8 Å². The summed E-state index contributed by atoms with van der Waals surface area (Å²) in [6.07, 6.45) is 3.06. The maximum atomic E-state index is 11.8. The van der Waals surface area contributed by atoms with Crippen LogP contribution in [0, 0.1) is 5.41 Å². The zero-order valence-corrected chi connectivity index (χ0v) is 9.27. The number of rotatable bonds is 5. The predicted molar refractivity (Wildman–Crippen MR) is 56.3 cm³/mol. The predicted octanol–water partition coefficient (Wildman–Crippen LogP) is 1.37. The van der Waals surface area contributed by atoms with Crippen molar-refractivity contribution >= 4 is 5.78 Å². The third-order valence-electron chi connectivity index (χ3n) is 2.85. The van der Waals surface area contributed by atoms with Crippen molar-refractivity contribution in [3.63, 3.8) is 0 Å². The Bertz CT molecular complexity index is 186. The molecular weight excluding hydrogens is 178 g/mol. The van der Waals surface area contributed by atoms with Gasteiger partial charge < -0.3 is 10.1 Å². The van der Waals surface area contributed by atoms with Gasteiger partial charge in [-0.3, -0.25) is 4.79 Å². The highest BCUT2D eigenvalue weighted by atomic mass is 16.5. The molecule has 0 aromatic heterocycles. The Morgan fingerprint density at radius 1 is 1.57 bits per heavy atom. The van der Waals surface area contributed by atoms with Crippen LogP contribution in [-0.4, -0.2) is 32.1 Å². The molecule has 1 fully saturated rings. The fraction of sp³-hybridized carbons (Fsp3) is 0.909. The molecule has 0 aromatic carbocycles. The number of hydrogen-bond donors (Lipinski definition) is 1. The zero-order valence-electron chi connectivity index (χ0n) is 9.27. The number of ketones is 1. The first-order valence-electron chi connectivity index (χ1n) is 5.51. The molecule has 0 aromatic rings. The summed E-state index contributed by atoms with van der Waals surface area (Å²) in [5, 5.41) is 3.27. The molecule has 1 N–H and O–H groups in total. The lowest BCUT2D eigenvalue weighted by molar-refractivity contribution is -0.133. The van der Waals surface area contributed by atoms with Crippen molar-refractivity contribution in [3.05, 3.63) is 0 Å². The summed E-state index contributed by atoms with van der Waals surface area (Å²) < 4.78 is 5.29. The van der Waals surface area contributed by atoms with Gasteiger partial charge >= 0.3 is 0 Å². The summed E-state index contributed by atoms with van der Waals surface area (Å²) in [4.78, 5) is 11.8. The normalized spacial score (nSPS) is 27.6. The Morgan fingerprint density at radius 3 is 2.93 bits per heavy atom. The molecule has 1 saturated heterocycles. The van der Waals surface area contributed by atoms with Gasteiger partial charge in [0, 0.05) is 18.6 Å². The first kappa shape index (κ1) is 11.7. The molecule has 1 unspecified atom stereocenters. The molecule has 82 valence electrons. The van der Waals surface area contributed by atoms with Gasteiger partial charge in [0.05, 0.1) is 0 Å². The number of carbonyl (C=O) groups excluding carboxylic acids is 1. The zero-order chi connectivity index (χ0) is 10.4. The van der Waals surface area contributed by atoms with E-state index in [2.05, 4.69) is 5.32 Å². The lowest BCUT2D eigenvalue weighted by Crippen LogP contribution is -2.44. The molecule has 0 saturated carbocycles. The quantitative estimate of drug-likeness (QED) is 0.680. The van der Waals surface area contributed by atoms with E-state index in [1.807, 2.05) is 13.8 Å². The van der Waals surface area contributed by atoms with Crippen LogP contribution in [0.15, 0.2) is 0 Å². The minimum Gasteiger partial charge on any atom is -0.374 e. The summed E-state index contributed by atoms with van der Waals surface area (Å²) in [6.45, 7) is 6.91. The first-order chi connectivity index (χ1) is 6.69. The maximum absolute atomic E-state index is 11.8. The SMILES string of the molecule is CCCOCC(=O)C1(C)CCCNC1. The molecular formula is C11H21NO2. The summed E-state index contributed by atoms with van der Waals surface area (Å²) >= 11 is 0. The van der Waals surface area contributed by atoms with Crippen LogP contribution in [0.4, 0.5) is 0 Å². The number of ether oxygens (including phenoxy) is 1. The highest BCUT2D eigenvalue weighted by Gasteiger charge is 2.33. The Labute approximate surface area is 86.2 Å². The molecule has 0 radical (unpaired) electrons. The molecule has 1 aliphatic heterocycles. The smallest absolute Gasteiger partial charge is 0.165 e. The topological polar surface area (TPSA) is 38.3 Å². The molecule has 3 heteroatoms. The Hall–Kier alpha value is -0.410. The fourth-order valence-electron chi connectivity index (χ4n) is 1.78. The maximum Gasteiger partial charge on any atom is 0.165 e. The third kappa shape index (κ3) is 3.07. The third-order valence-corrected chi connectivity index (χ3v) is 2.85.